The topological polar surface area (TPSA) is 47.7 Å². The number of hydrogen-bond donors (Lipinski definition) is 1. The van der Waals surface area contributed by atoms with Crippen LogP contribution in [0, 0.1) is 0 Å². The van der Waals surface area contributed by atoms with E-state index < -0.39 is 0 Å². The number of methoxy groups -OCH3 is 1. The molecule has 1 aliphatic heterocycles. The molecule has 0 aliphatic carbocycles. The molecule has 0 radical (unpaired) electrons. The van der Waals surface area contributed by atoms with Crippen molar-refractivity contribution < 1.29 is 9.47 Å². The highest BCUT2D eigenvalue weighted by Gasteiger charge is 2.13. The van der Waals surface area contributed by atoms with Gasteiger partial charge in [0, 0.05) is 18.7 Å². The maximum atomic E-state index is 5.75. The molecule has 2 rings (SSSR count). The van der Waals surface area contributed by atoms with Crippen LogP contribution in [-0.4, -0.2) is 25.3 Å². The zero-order valence-electron chi connectivity index (χ0n) is 8.19. The van der Waals surface area contributed by atoms with Crippen molar-refractivity contribution in [3.8, 4) is 11.5 Å². The quantitative estimate of drug-likeness (QED) is 0.671. The Bertz CT molecular complexity index is 328. The number of ether oxygens (including phenoxy) is 2. The van der Waals surface area contributed by atoms with Crippen molar-refractivity contribution in [2.75, 3.05) is 20.3 Å². The first-order valence-electron chi connectivity index (χ1n) is 4.59. The summed E-state index contributed by atoms with van der Waals surface area (Å²) in [5, 5.41) is 1.74. The van der Waals surface area contributed by atoms with E-state index in [1.807, 2.05) is 18.2 Å². The molecule has 1 aromatic carbocycles. The lowest BCUT2D eigenvalue weighted by atomic mass is 10.2. The van der Waals surface area contributed by atoms with Crippen LogP contribution in [0.15, 0.2) is 18.2 Å². The molecule has 76 valence electrons. The zero-order valence-corrected chi connectivity index (χ0v) is 8.19. The predicted octanol–water partition coefficient (Wildman–Crippen LogP) is 0.763. The minimum Gasteiger partial charge on any atom is -0.497 e. The van der Waals surface area contributed by atoms with E-state index in [2.05, 4.69) is 0 Å². The third-order valence-electron chi connectivity index (χ3n) is 2.28. The minimum atomic E-state index is 0.635. The third-order valence-corrected chi connectivity index (χ3v) is 2.28. The van der Waals surface area contributed by atoms with Gasteiger partial charge in [0.05, 0.1) is 7.11 Å². The number of hydrazine groups is 1. The molecule has 2 N–H and O–H groups in total. The highest BCUT2D eigenvalue weighted by molar-refractivity contribution is 5.40. The molecule has 1 aliphatic rings. The van der Waals surface area contributed by atoms with Gasteiger partial charge < -0.3 is 9.47 Å². The lowest BCUT2D eigenvalue weighted by Gasteiger charge is -2.11. The van der Waals surface area contributed by atoms with Crippen molar-refractivity contribution in [3.63, 3.8) is 0 Å². The first kappa shape index (κ1) is 9.30. The Labute approximate surface area is 83.2 Å². The maximum Gasteiger partial charge on any atom is 0.124 e. The molecule has 0 aromatic heterocycles. The molecule has 0 saturated carbocycles. The average Bonchev–Trinajstić information content (AvgIpc) is 2.37. The Kier molecular flexibility index (Phi) is 2.56. The van der Waals surface area contributed by atoms with Crippen molar-refractivity contribution in [2.45, 2.75) is 6.54 Å². The highest BCUT2D eigenvalue weighted by atomic mass is 16.5. The van der Waals surface area contributed by atoms with Gasteiger partial charge in [-0.15, -0.1) is 0 Å². The molecule has 1 heterocycles. The molecule has 0 spiro atoms. The summed E-state index contributed by atoms with van der Waals surface area (Å²) in [6.45, 7) is 2.08. The first-order valence-corrected chi connectivity index (χ1v) is 4.59. The molecule has 14 heavy (non-hydrogen) atoms. The monoisotopic (exact) mass is 194 g/mol. The highest BCUT2D eigenvalue weighted by Crippen LogP contribution is 2.26. The third kappa shape index (κ3) is 1.81. The molecule has 0 bridgehead atoms. The van der Waals surface area contributed by atoms with Gasteiger partial charge in [0.25, 0.3) is 0 Å². The lowest BCUT2D eigenvalue weighted by Crippen LogP contribution is -2.32. The van der Waals surface area contributed by atoms with Gasteiger partial charge in [0.15, 0.2) is 0 Å². The van der Waals surface area contributed by atoms with Gasteiger partial charge >= 0.3 is 0 Å². The summed E-state index contributed by atoms with van der Waals surface area (Å²) in [5.41, 5.74) is 1.07. The standard InChI is InChI=1S/C10H14N2O2/c1-13-9-2-3-10-8(6-9)7-12(11)4-5-14-10/h2-3,6H,4-5,7,11H2,1H3. The molecular weight excluding hydrogens is 180 g/mol. The van der Waals surface area contributed by atoms with Gasteiger partial charge in [-0.1, -0.05) is 0 Å². The van der Waals surface area contributed by atoms with Crippen LogP contribution in [0.2, 0.25) is 0 Å². The predicted molar refractivity (Wildman–Crippen MR) is 53.1 cm³/mol. The smallest absolute Gasteiger partial charge is 0.124 e. The van der Waals surface area contributed by atoms with Crippen molar-refractivity contribution in [3.05, 3.63) is 23.8 Å². The number of rotatable bonds is 1. The van der Waals surface area contributed by atoms with E-state index in [1.54, 1.807) is 12.1 Å². The maximum absolute atomic E-state index is 5.75. The molecule has 0 saturated heterocycles. The Morgan fingerprint density at radius 2 is 2.36 bits per heavy atom. The molecule has 0 amide bonds. The Hall–Kier alpha value is -1.26. The lowest BCUT2D eigenvalue weighted by molar-refractivity contribution is 0.230. The summed E-state index contributed by atoms with van der Waals surface area (Å²) in [7, 11) is 1.65. The molecule has 0 atom stereocenters. The van der Waals surface area contributed by atoms with Crippen molar-refractivity contribution in [2.24, 2.45) is 5.84 Å². The van der Waals surface area contributed by atoms with Crippen LogP contribution in [0.1, 0.15) is 5.56 Å². The van der Waals surface area contributed by atoms with E-state index in [-0.39, 0.29) is 0 Å². The van der Waals surface area contributed by atoms with E-state index in [0.717, 1.165) is 23.6 Å². The zero-order chi connectivity index (χ0) is 9.97. The van der Waals surface area contributed by atoms with Gasteiger partial charge in [-0.05, 0) is 18.2 Å². The van der Waals surface area contributed by atoms with E-state index in [0.29, 0.717) is 13.2 Å². The summed E-state index contributed by atoms with van der Waals surface area (Å²) >= 11 is 0. The number of hydrogen-bond acceptors (Lipinski definition) is 4. The van der Waals surface area contributed by atoms with Crippen LogP contribution in [0.25, 0.3) is 0 Å². The van der Waals surface area contributed by atoms with Crippen LogP contribution >= 0.6 is 0 Å². The first-order chi connectivity index (χ1) is 6.79. The Morgan fingerprint density at radius 1 is 1.50 bits per heavy atom. The van der Waals surface area contributed by atoms with Gasteiger partial charge in [-0.25, -0.2) is 5.01 Å². The fourth-order valence-corrected chi connectivity index (χ4v) is 1.52. The molecule has 1 aromatic rings. The fourth-order valence-electron chi connectivity index (χ4n) is 1.52. The van der Waals surface area contributed by atoms with Gasteiger partial charge in [0.1, 0.15) is 18.1 Å². The van der Waals surface area contributed by atoms with E-state index in [1.165, 1.54) is 0 Å². The Balaban J connectivity index is 2.32. The normalized spacial score (nSPS) is 16.7. The molecular formula is C10H14N2O2. The number of fused-ring (bicyclic) bond motifs is 1. The summed E-state index contributed by atoms with van der Waals surface area (Å²) < 4.78 is 10.7. The number of nitrogens with two attached hydrogens (primary N) is 1. The second kappa shape index (κ2) is 3.86. The van der Waals surface area contributed by atoms with Gasteiger partial charge in [-0.3, -0.25) is 5.84 Å². The van der Waals surface area contributed by atoms with Crippen LogP contribution in [-0.2, 0) is 6.54 Å². The molecule has 4 nitrogen and oxygen atoms in total. The van der Waals surface area contributed by atoms with Crippen LogP contribution < -0.4 is 15.3 Å². The van der Waals surface area contributed by atoms with E-state index in [9.17, 15) is 0 Å². The average molecular weight is 194 g/mol. The van der Waals surface area contributed by atoms with Gasteiger partial charge in [0.2, 0.25) is 0 Å². The van der Waals surface area contributed by atoms with Crippen molar-refractivity contribution >= 4 is 0 Å². The molecule has 0 fully saturated rings. The van der Waals surface area contributed by atoms with Crippen molar-refractivity contribution in [1.82, 2.24) is 5.01 Å². The number of benzene rings is 1. The molecule has 4 heteroatoms. The van der Waals surface area contributed by atoms with Gasteiger partial charge in [-0.2, -0.15) is 0 Å². The Morgan fingerprint density at radius 3 is 3.14 bits per heavy atom. The largest absolute Gasteiger partial charge is 0.497 e. The summed E-state index contributed by atoms with van der Waals surface area (Å²) in [6.07, 6.45) is 0. The minimum absolute atomic E-state index is 0.635. The second-order valence-corrected chi connectivity index (χ2v) is 3.29. The second-order valence-electron chi connectivity index (χ2n) is 3.29. The summed E-state index contributed by atoms with van der Waals surface area (Å²) in [6, 6.07) is 5.78. The summed E-state index contributed by atoms with van der Waals surface area (Å²) in [4.78, 5) is 0. The molecule has 0 unspecified atom stereocenters. The van der Waals surface area contributed by atoms with Crippen molar-refractivity contribution in [1.29, 1.82) is 0 Å². The summed E-state index contributed by atoms with van der Waals surface area (Å²) in [5.74, 6) is 7.49. The van der Waals surface area contributed by atoms with E-state index in [4.69, 9.17) is 15.3 Å². The van der Waals surface area contributed by atoms with E-state index >= 15 is 0 Å². The van der Waals surface area contributed by atoms with Crippen LogP contribution in [0.3, 0.4) is 0 Å². The number of nitrogens with zero attached hydrogens (tertiary/aromatic N) is 1. The van der Waals surface area contributed by atoms with Crippen LogP contribution in [0.5, 0.6) is 11.5 Å². The van der Waals surface area contributed by atoms with Crippen LogP contribution in [0.4, 0.5) is 0 Å². The SMILES string of the molecule is COc1ccc2c(c1)CN(N)CCO2. The fraction of sp³-hybridized carbons (Fsp3) is 0.400.